The Bertz CT molecular complexity index is 941. The molecule has 1 unspecified atom stereocenters. The topological polar surface area (TPSA) is 83.8 Å². The Morgan fingerprint density at radius 1 is 1.07 bits per heavy atom. The van der Waals surface area contributed by atoms with Crippen LogP contribution >= 0.6 is 0 Å². The molecule has 1 atom stereocenters. The third-order valence-corrected chi connectivity index (χ3v) is 4.10. The van der Waals surface area contributed by atoms with Gasteiger partial charge in [-0.15, -0.1) is 0 Å². The minimum absolute atomic E-state index is 0.222. The molecule has 2 amide bonds. The summed E-state index contributed by atoms with van der Waals surface area (Å²) in [6.45, 7) is -0.222. The van der Waals surface area contributed by atoms with E-state index in [0.29, 0.717) is 22.8 Å². The quantitative estimate of drug-likeness (QED) is 0.728. The van der Waals surface area contributed by atoms with Gasteiger partial charge in [0.25, 0.3) is 11.8 Å². The summed E-state index contributed by atoms with van der Waals surface area (Å²) in [5, 5.41) is 4.43. The number of carbonyl (C=O) groups excluding carboxylic acids is 2. The van der Waals surface area contributed by atoms with E-state index >= 15 is 0 Å². The molecule has 2 heterocycles. The number of furan rings is 1. The minimum Gasteiger partial charge on any atom is -0.484 e. The summed E-state index contributed by atoms with van der Waals surface area (Å²) in [6.07, 6.45) is 0.851. The van der Waals surface area contributed by atoms with Crippen LogP contribution in [0.1, 0.15) is 22.3 Å². The number of rotatable bonds is 5. The van der Waals surface area contributed by atoms with Crippen LogP contribution in [0.15, 0.2) is 77.4 Å². The van der Waals surface area contributed by atoms with E-state index in [4.69, 9.17) is 9.15 Å². The predicted molar refractivity (Wildman–Crippen MR) is 97.8 cm³/mol. The molecule has 1 aliphatic rings. The van der Waals surface area contributed by atoms with Crippen LogP contribution in [0.25, 0.3) is 0 Å². The predicted octanol–water partition coefficient (Wildman–Crippen LogP) is 2.96. The average Bonchev–Trinajstić information content (AvgIpc) is 3.24. The Hall–Kier alpha value is -3.74. The fraction of sp³-hybridized carbons (Fsp3) is 0.100. The van der Waals surface area contributed by atoms with Crippen molar-refractivity contribution in [1.82, 2.24) is 10.4 Å². The third-order valence-electron chi connectivity index (χ3n) is 4.10. The standard InChI is InChI=1S/C20H17N3O4/c24-18(13-27-14-7-2-1-3-8-14)22-23-19(17-11-6-12-26-17)21-16-10-5-4-9-15(16)20(23)25/h1-12,19,21H,13H2,(H,22,24). The van der Waals surface area contributed by atoms with Gasteiger partial charge in [0, 0.05) is 5.69 Å². The van der Waals surface area contributed by atoms with Crippen LogP contribution in [0.2, 0.25) is 0 Å². The Morgan fingerprint density at radius 3 is 2.63 bits per heavy atom. The van der Waals surface area contributed by atoms with Gasteiger partial charge >= 0.3 is 0 Å². The van der Waals surface area contributed by atoms with Gasteiger partial charge in [0.2, 0.25) is 0 Å². The monoisotopic (exact) mass is 363 g/mol. The summed E-state index contributed by atoms with van der Waals surface area (Å²) in [5.41, 5.74) is 3.75. The molecule has 4 rings (SSSR count). The van der Waals surface area contributed by atoms with Crippen molar-refractivity contribution in [3.05, 3.63) is 84.3 Å². The maximum atomic E-state index is 12.9. The van der Waals surface area contributed by atoms with E-state index < -0.39 is 12.1 Å². The molecule has 1 aromatic heterocycles. The van der Waals surface area contributed by atoms with Crippen molar-refractivity contribution in [3.63, 3.8) is 0 Å². The van der Waals surface area contributed by atoms with E-state index in [2.05, 4.69) is 10.7 Å². The van der Waals surface area contributed by atoms with Crippen LogP contribution in [-0.4, -0.2) is 23.4 Å². The Kier molecular flexibility index (Phi) is 4.49. The number of hydrazine groups is 1. The van der Waals surface area contributed by atoms with Crippen LogP contribution in [0.5, 0.6) is 5.75 Å². The molecule has 0 fully saturated rings. The molecule has 2 N–H and O–H groups in total. The molecule has 136 valence electrons. The van der Waals surface area contributed by atoms with Crippen LogP contribution in [0.4, 0.5) is 5.69 Å². The van der Waals surface area contributed by atoms with Crippen molar-refractivity contribution in [1.29, 1.82) is 0 Å². The molecular formula is C20H17N3O4. The van der Waals surface area contributed by atoms with E-state index in [9.17, 15) is 9.59 Å². The van der Waals surface area contributed by atoms with Crippen molar-refractivity contribution >= 4 is 17.5 Å². The van der Waals surface area contributed by atoms with E-state index in [-0.39, 0.29) is 12.5 Å². The number of ether oxygens (including phenoxy) is 1. The number of benzene rings is 2. The van der Waals surface area contributed by atoms with Gasteiger partial charge < -0.3 is 14.5 Å². The Morgan fingerprint density at radius 2 is 1.85 bits per heavy atom. The normalized spacial score (nSPS) is 15.6. The van der Waals surface area contributed by atoms with Gasteiger partial charge in [0.1, 0.15) is 11.5 Å². The molecule has 0 bridgehead atoms. The molecule has 1 aliphatic heterocycles. The molecule has 27 heavy (non-hydrogen) atoms. The molecule has 0 spiro atoms. The zero-order valence-corrected chi connectivity index (χ0v) is 14.3. The fourth-order valence-corrected chi connectivity index (χ4v) is 2.85. The maximum absolute atomic E-state index is 12.9. The lowest BCUT2D eigenvalue weighted by Gasteiger charge is -2.36. The number of fused-ring (bicyclic) bond motifs is 1. The average molecular weight is 363 g/mol. The fourth-order valence-electron chi connectivity index (χ4n) is 2.85. The lowest BCUT2D eigenvalue weighted by atomic mass is 10.1. The number of nitrogens with zero attached hydrogens (tertiary/aromatic N) is 1. The molecule has 0 aliphatic carbocycles. The molecule has 3 aromatic rings. The number of amides is 2. The molecule has 7 nitrogen and oxygen atoms in total. The first kappa shape index (κ1) is 16.7. The van der Waals surface area contributed by atoms with Crippen LogP contribution in [0.3, 0.4) is 0 Å². The SMILES string of the molecule is O=C(COc1ccccc1)NN1C(=O)c2ccccc2NC1c1ccco1. The van der Waals surface area contributed by atoms with Gasteiger partial charge in [-0.3, -0.25) is 15.0 Å². The third kappa shape index (κ3) is 3.48. The van der Waals surface area contributed by atoms with Crippen molar-refractivity contribution < 1.29 is 18.7 Å². The Balaban J connectivity index is 1.53. The number of carbonyl (C=O) groups is 2. The number of anilines is 1. The Labute approximate surface area is 155 Å². The highest BCUT2D eigenvalue weighted by atomic mass is 16.5. The first-order valence-corrected chi connectivity index (χ1v) is 8.42. The smallest absolute Gasteiger partial charge is 0.276 e. The van der Waals surface area contributed by atoms with Crippen LogP contribution in [0, 0.1) is 0 Å². The largest absolute Gasteiger partial charge is 0.484 e. The lowest BCUT2D eigenvalue weighted by Crippen LogP contribution is -2.53. The van der Waals surface area contributed by atoms with Crippen molar-refractivity contribution in [2.45, 2.75) is 6.17 Å². The highest BCUT2D eigenvalue weighted by Gasteiger charge is 2.35. The zero-order chi connectivity index (χ0) is 18.6. The highest BCUT2D eigenvalue weighted by molar-refractivity contribution is 6.02. The second kappa shape index (κ2) is 7.25. The summed E-state index contributed by atoms with van der Waals surface area (Å²) in [5.74, 6) is 0.287. The summed E-state index contributed by atoms with van der Waals surface area (Å²) in [4.78, 5) is 25.3. The number of hydrogen-bond donors (Lipinski definition) is 2. The van der Waals surface area contributed by atoms with Crippen molar-refractivity contribution in [2.24, 2.45) is 0 Å². The first-order valence-electron chi connectivity index (χ1n) is 8.42. The van der Waals surface area contributed by atoms with E-state index in [1.165, 1.54) is 11.3 Å². The number of para-hydroxylation sites is 2. The number of nitrogens with one attached hydrogen (secondary N) is 2. The van der Waals surface area contributed by atoms with Gasteiger partial charge in [-0.25, -0.2) is 5.01 Å². The maximum Gasteiger partial charge on any atom is 0.276 e. The van der Waals surface area contributed by atoms with E-state index in [1.54, 1.807) is 42.5 Å². The van der Waals surface area contributed by atoms with Gasteiger partial charge in [-0.2, -0.15) is 0 Å². The highest BCUT2D eigenvalue weighted by Crippen LogP contribution is 2.31. The summed E-state index contributed by atoms with van der Waals surface area (Å²) < 4.78 is 10.9. The first-order chi connectivity index (χ1) is 13.2. The van der Waals surface area contributed by atoms with Gasteiger partial charge in [-0.05, 0) is 36.4 Å². The van der Waals surface area contributed by atoms with Gasteiger partial charge in [-0.1, -0.05) is 30.3 Å². The summed E-state index contributed by atoms with van der Waals surface area (Å²) >= 11 is 0. The van der Waals surface area contributed by atoms with Crippen molar-refractivity contribution in [2.75, 3.05) is 11.9 Å². The second-order valence-electron chi connectivity index (χ2n) is 5.92. The molecule has 2 aromatic carbocycles. The second-order valence-corrected chi connectivity index (χ2v) is 5.92. The van der Waals surface area contributed by atoms with Gasteiger partial charge in [0.05, 0.1) is 11.8 Å². The van der Waals surface area contributed by atoms with Crippen LogP contribution < -0.4 is 15.5 Å². The van der Waals surface area contributed by atoms with E-state index in [0.717, 1.165) is 0 Å². The minimum atomic E-state index is -0.664. The molecular weight excluding hydrogens is 346 g/mol. The number of hydrogen-bond acceptors (Lipinski definition) is 5. The van der Waals surface area contributed by atoms with Gasteiger partial charge in [0.15, 0.2) is 12.8 Å². The van der Waals surface area contributed by atoms with Crippen molar-refractivity contribution in [3.8, 4) is 5.75 Å². The summed E-state index contributed by atoms with van der Waals surface area (Å²) in [7, 11) is 0. The lowest BCUT2D eigenvalue weighted by molar-refractivity contribution is -0.127. The van der Waals surface area contributed by atoms with Crippen LogP contribution in [-0.2, 0) is 4.79 Å². The molecule has 0 saturated heterocycles. The molecule has 0 radical (unpaired) electrons. The molecule has 0 saturated carbocycles. The zero-order valence-electron chi connectivity index (χ0n) is 14.3. The molecule has 7 heteroatoms. The summed E-state index contributed by atoms with van der Waals surface area (Å²) in [6, 6.07) is 19.6. The van der Waals surface area contributed by atoms with E-state index in [1.807, 2.05) is 24.3 Å².